The maximum atomic E-state index is 13.4. The predicted molar refractivity (Wildman–Crippen MR) is 143 cm³/mol. The summed E-state index contributed by atoms with van der Waals surface area (Å²) in [6.45, 7) is 9.71. The van der Waals surface area contributed by atoms with E-state index < -0.39 is 12.1 Å². The minimum atomic E-state index is -0.794. The maximum absolute atomic E-state index is 13.4. The summed E-state index contributed by atoms with van der Waals surface area (Å²) in [7, 11) is 0. The molecule has 36 heavy (non-hydrogen) atoms. The van der Waals surface area contributed by atoms with Crippen LogP contribution in [0.3, 0.4) is 0 Å². The molecule has 2 aromatic heterocycles. The van der Waals surface area contributed by atoms with E-state index in [1.54, 1.807) is 19.3 Å². The number of aromatic nitrogens is 2. The predicted octanol–water partition coefficient (Wildman–Crippen LogP) is 3.28. The Bertz CT molecular complexity index is 1210. The Kier molecular flexibility index (Phi) is 9.69. The number of amides is 3. The number of hydrogen-bond donors (Lipinski definition) is 3. The second-order valence-electron chi connectivity index (χ2n) is 8.88. The number of carbonyl (C=O) groups excluding carboxylic acids is 3. The first kappa shape index (κ1) is 27.0. The molecule has 3 N–H and O–H groups in total. The highest BCUT2D eigenvalue weighted by atomic mass is 32.1. The zero-order valence-corrected chi connectivity index (χ0v) is 21.7. The molecule has 9 heteroatoms. The van der Waals surface area contributed by atoms with E-state index in [0.717, 1.165) is 20.8 Å². The van der Waals surface area contributed by atoms with E-state index in [1.165, 1.54) is 23.0 Å². The van der Waals surface area contributed by atoms with Gasteiger partial charge < -0.3 is 16.0 Å². The average molecular weight is 508 g/mol. The van der Waals surface area contributed by atoms with Crippen LogP contribution in [0.25, 0.3) is 10.2 Å². The molecule has 1 aromatic carbocycles. The zero-order chi connectivity index (χ0) is 26.1. The molecular weight excluding hydrogens is 474 g/mol. The third kappa shape index (κ3) is 7.71. The van der Waals surface area contributed by atoms with Gasteiger partial charge in [0.25, 0.3) is 0 Å². The molecule has 0 aliphatic rings. The third-order valence-corrected chi connectivity index (χ3v) is 6.80. The second kappa shape index (κ2) is 12.9. The summed E-state index contributed by atoms with van der Waals surface area (Å²) in [6, 6.07) is 8.73. The summed E-state index contributed by atoms with van der Waals surface area (Å²) in [5.74, 6) is -0.467. The fourth-order valence-corrected chi connectivity index (χ4v) is 4.75. The van der Waals surface area contributed by atoms with Gasteiger partial charge in [0.15, 0.2) is 0 Å². The third-order valence-electron chi connectivity index (χ3n) is 5.76. The molecule has 2 heterocycles. The smallest absolute Gasteiger partial charge is 0.243 e. The number of carbonyl (C=O) groups is 3. The molecule has 0 radical (unpaired) electrons. The van der Waals surface area contributed by atoms with Gasteiger partial charge >= 0.3 is 0 Å². The quantitative estimate of drug-likeness (QED) is 0.326. The molecular formula is C27H33N5O3S. The Morgan fingerprint density at radius 2 is 1.83 bits per heavy atom. The lowest BCUT2D eigenvalue weighted by Crippen LogP contribution is -2.53. The van der Waals surface area contributed by atoms with Gasteiger partial charge in [-0.25, -0.2) is 4.98 Å². The van der Waals surface area contributed by atoms with Gasteiger partial charge in [0.2, 0.25) is 17.7 Å². The van der Waals surface area contributed by atoms with E-state index in [0.29, 0.717) is 12.3 Å². The van der Waals surface area contributed by atoms with Crippen molar-refractivity contribution in [2.24, 2.45) is 0 Å². The molecule has 190 valence electrons. The molecule has 3 rings (SSSR count). The van der Waals surface area contributed by atoms with Crippen molar-refractivity contribution in [2.45, 2.75) is 58.0 Å². The van der Waals surface area contributed by atoms with Crippen molar-refractivity contribution in [3.63, 3.8) is 0 Å². The largest absolute Gasteiger partial charge is 0.350 e. The van der Waals surface area contributed by atoms with Gasteiger partial charge in [-0.05, 0) is 53.8 Å². The van der Waals surface area contributed by atoms with Crippen molar-refractivity contribution < 1.29 is 14.4 Å². The van der Waals surface area contributed by atoms with Crippen molar-refractivity contribution in [3.05, 3.63) is 71.5 Å². The Morgan fingerprint density at radius 1 is 1.08 bits per heavy atom. The summed E-state index contributed by atoms with van der Waals surface area (Å²) in [6.07, 6.45) is 5.57. The van der Waals surface area contributed by atoms with Crippen molar-refractivity contribution in [3.8, 4) is 0 Å². The average Bonchev–Trinajstić information content (AvgIpc) is 3.28. The van der Waals surface area contributed by atoms with Gasteiger partial charge in [-0.1, -0.05) is 33.4 Å². The first-order chi connectivity index (χ1) is 17.3. The number of nitrogens with zero attached hydrogens (tertiary/aromatic N) is 2. The lowest BCUT2D eigenvalue weighted by atomic mass is 10.0. The van der Waals surface area contributed by atoms with Crippen LogP contribution in [0.15, 0.2) is 55.4 Å². The normalized spacial score (nSPS) is 12.7. The molecule has 0 saturated carbocycles. The van der Waals surface area contributed by atoms with Gasteiger partial charge in [-0.15, -0.1) is 11.3 Å². The van der Waals surface area contributed by atoms with Gasteiger partial charge in [-0.3, -0.25) is 19.4 Å². The number of pyridine rings is 1. The van der Waals surface area contributed by atoms with Crippen molar-refractivity contribution >= 4 is 39.3 Å². The van der Waals surface area contributed by atoms with Crippen LogP contribution in [0.2, 0.25) is 0 Å². The van der Waals surface area contributed by atoms with Crippen LogP contribution in [0, 0.1) is 0 Å². The Hall–Kier alpha value is -3.59. The van der Waals surface area contributed by atoms with Crippen LogP contribution < -0.4 is 16.0 Å². The first-order valence-corrected chi connectivity index (χ1v) is 12.9. The van der Waals surface area contributed by atoms with E-state index in [2.05, 4.69) is 53.5 Å². The minimum absolute atomic E-state index is 0.215. The fourth-order valence-electron chi connectivity index (χ4n) is 3.69. The van der Waals surface area contributed by atoms with E-state index in [4.69, 9.17) is 4.98 Å². The highest BCUT2D eigenvalue weighted by molar-refractivity contribution is 7.18. The Morgan fingerprint density at radius 3 is 2.50 bits per heavy atom. The van der Waals surface area contributed by atoms with Gasteiger partial charge in [0, 0.05) is 31.8 Å². The molecule has 3 aromatic rings. The molecule has 0 aliphatic heterocycles. The standard InChI is InChI=1S/C27H33N5O3S/c1-5-24(33)29-16-20(13-18-9-11-28-12-10-18)30-27(35)22(31-25(34)6-2)15-26-32-21-8-7-19(17(3)4)14-23(21)36-26/h5,7-12,14,17,20,22H,1,6,13,15-16H2,2-4H3,(H,29,33)(H,30,35)(H,31,34)/t20-,22-/m0/s1. The fraction of sp³-hybridized carbons (Fsp3) is 0.370. The molecule has 3 amide bonds. The summed E-state index contributed by atoms with van der Waals surface area (Å²) in [5, 5.41) is 9.36. The summed E-state index contributed by atoms with van der Waals surface area (Å²) in [4.78, 5) is 46.1. The molecule has 8 nitrogen and oxygen atoms in total. The number of benzene rings is 1. The number of fused-ring (bicyclic) bond motifs is 1. The van der Waals surface area contributed by atoms with Crippen molar-refractivity contribution in [1.29, 1.82) is 0 Å². The molecule has 0 bridgehead atoms. The minimum Gasteiger partial charge on any atom is -0.350 e. The van der Waals surface area contributed by atoms with Crippen LogP contribution in [-0.4, -0.2) is 46.3 Å². The summed E-state index contributed by atoms with van der Waals surface area (Å²) < 4.78 is 1.06. The zero-order valence-electron chi connectivity index (χ0n) is 20.9. The first-order valence-electron chi connectivity index (χ1n) is 12.1. The van der Waals surface area contributed by atoms with E-state index in [-0.39, 0.29) is 37.1 Å². The van der Waals surface area contributed by atoms with Crippen LogP contribution in [0.5, 0.6) is 0 Å². The summed E-state index contributed by atoms with van der Waals surface area (Å²) in [5.41, 5.74) is 3.07. The molecule has 0 spiro atoms. The maximum Gasteiger partial charge on any atom is 0.243 e. The SMILES string of the molecule is C=CC(=O)NC[C@H](Cc1ccncc1)NC(=O)[C@H](Cc1nc2ccc(C(C)C)cc2s1)NC(=O)CC. The van der Waals surface area contributed by atoms with Crippen LogP contribution >= 0.6 is 11.3 Å². The van der Waals surface area contributed by atoms with Gasteiger partial charge in [0.1, 0.15) is 6.04 Å². The topological polar surface area (TPSA) is 113 Å². The highest BCUT2D eigenvalue weighted by Crippen LogP contribution is 2.27. The van der Waals surface area contributed by atoms with Crippen LogP contribution in [0.1, 0.15) is 49.2 Å². The van der Waals surface area contributed by atoms with Gasteiger partial charge in [0.05, 0.1) is 21.3 Å². The summed E-state index contributed by atoms with van der Waals surface area (Å²) >= 11 is 1.53. The molecule has 2 atom stereocenters. The number of thiazole rings is 1. The number of rotatable bonds is 12. The Balaban J connectivity index is 1.79. The number of nitrogens with one attached hydrogen (secondary N) is 3. The number of hydrogen-bond acceptors (Lipinski definition) is 6. The second-order valence-corrected chi connectivity index (χ2v) is 10.00. The molecule has 0 fully saturated rings. The Labute approximate surface area is 215 Å². The molecule has 0 unspecified atom stereocenters. The van der Waals surface area contributed by atoms with Crippen LogP contribution in [0.4, 0.5) is 0 Å². The van der Waals surface area contributed by atoms with Crippen LogP contribution in [-0.2, 0) is 27.2 Å². The highest BCUT2D eigenvalue weighted by Gasteiger charge is 2.25. The van der Waals surface area contributed by atoms with E-state index in [9.17, 15) is 14.4 Å². The lowest BCUT2D eigenvalue weighted by Gasteiger charge is -2.23. The molecule has 0 saturated heterocycles. The van der Waals surface area contributed by atoms with E-state index >= 15 is 0 Å². The monoisotopic (exact) mass is 507 g/mol. The van der Waals surface area contributed by atoms with Crippen molar-refractivity contribution in [2.75, 3.05) is 6.54 Å². The molecule has 0 aliphatic carbocycles. The van der Waals surface area contributed by atoms with Gasteiger partial charge in [-0.2, -0.15) is 0 Å². The lowest BCUT2D eigenvalue weighted by molar-refractivity contribution is -0.129. The van der Waals surface area contributed by atoms with E-state index in [1.807, 2.05) is 18.2 Å². The van der Waals surface area contributed by atoms with Crippen molar-refractivity contribution in [1.82, 2.24) is 25.9 Å².